The van der Waals surface area contributed by atoms with Crippen molar-refractivity contribution < 1.29 is 13.3 Å². The fourth-order valence-corrected chi connectivity index (χ4v) is 5.09. The van der Waals surface area contributed by atoms with E-state index in [4.69, 9.17) is 13.3 Å². The maximum absolute atomic E-state index is 6.33. The second-order valence-electron chi connectivity index (χ2n) is 8.40. The Kier molecular flexibility index (Phi) is 5.87. The van der Waals surface area contributed by atoms with Gasteiger partial charge in [0.05, 0.1) is 16.8 Å². The van der Waals surface area contributed by atoms with Crippen molar-refractivity contribution in [3.05, 3.63) is 0 Å². The Morgan fingerprint density at radius 3 is 0.895 bits per heavy atom. The third-order valence-electron chi connectivity index (χ3n) is 2.05. The van der Waals surface area contributed by atoms with Crippen molar-refractivity contribution in [2.45, 2.75) is 98.5 Å². The molecule has 0 atom stereocenters. The molecule has 0 aliphatic heterocycles. The molecule has 0 spiro atoms. The van der Waals surface area contributed by atoms with E-state index in [2.05, 4.69) is 76.2 Å². The molecule has 4 heteroatoms. The molecule has 0 amide bonds. The van der Waals surface area contributed by atoms with Gasteiger partial charge in [0.25, 0.3) is 0 Å². The molecule has 0 aromatic carbocycles. The monoisotopic (exact) mass is 290 g/mol. The average molecular weight is 291 g/mol. The van der Waals surface area contributed by atoms with Gasteiger partial charge in [-0.2, -0.15) is 0 Å². The molecule has 0 unspecified atom stereocenters. The molecule has 0 saturated heterocycles. The molecule has 0 aromatic heterocycles. The van der Waals surface area contributed by atoms with E-state index >= 15 is 0 Å². The first-order valence-corrected chi connectivity index (χ1v) is 8.97. The minimum absolute atomic E-state index is 0.213. The second-order valence-corrected chi connectivity index (χ2v) is 11.4. The van der Waals surface area contributed by atoms with Gasteiger partial charge in [0.2, 0.25) is 0 Å². The summed E-state index contributed by atoms with van der Waals surface area (Å²) in [5, 5.41) is 0. The summed E-state index contributed by atoms with van der Waals surface area (Å²) in [5.41, 5.74) is -0.641. The number of rotatable bonds is 4. The van der Waals surface area contributed by atoms with Crippen LogP contribution >= 0.6 is 0 Å². The Morgan fingerprint density at radius 2 is 0.789 bits per heavy atom. The van der Waals surface area contributed by atoms with Crippen molar-refractivity contribution in [1.82, 2.24) is 0 Å². The van der Waals surface area contributed by atoms with Crippen LogP contribution in [-0.2, 0) is 13.3 Å². The van der Waals surface area contributed by atoms with E-state index in [1.807, 2.05) is 0 Å². The Hall–Kier alpha value is 0.0969. The fourth-order valence-electron chi connectivity index (χ4n) is 1.70. The van der Waals surface area contributed by atoms with Crippen LogP contribution in [0.2, 0.25) is 5.54 Å². The lowest BCUT2D eigenvalue weighted by molar-refractivity contribution is -0.0797. The summed E-state index contributed by atoms with van der Waals surface area (Å²) in [6, 6.07) is 0. The predicted octanol–water partition coefficient (Wildman–Crippen LogP) is 4.78. The zero-order valence-electron chi connectivity index (χ0n) is 14.8. The Bertz CT molecular complexity index is 238. The smallest absolute Gasteiger partial charge is 0.368 e. The molecule has 0 rings (SSSR count). The minimum Gasteiger partial charge on any atom is -0.368 e. The zero-order valence-corrected chi connectivity index (χ0v) is 15.8. The van der Waals surface area contributed by atoms with Crippen molar-refractivity contribution >= 4 is 8.80 Å². The van der Waals surface area contributed by atoms with E-state index < -0.39 is 8.80 Å². The van der Waals surface area contributed by atoms with E-state index in [1.54, 1.807) is 0 Å². The Morgan fingerprint density at radius 1 is 0.579 bits per heavy atom. The summed E-state index contributed by atoms with van der Waals surface area (Å²) in [7, 11) is -2.78. The topological polar surface area (TPSA) is 27.7 Å². The van der Waals surface area contributed by atoms with Gasteiger partial charge in [-0.25, -0.2) is 0 Å². The van der Waals surface area contributed by atoms with Crippen molar-refractivity contribution in [3.63, 3.8) is 0 Å². The molecule has 0 fully saturated rings. The van der Waals surface area contributed by atoms with Crippen molar-refractivity contribution in [1.29, 1.82) is 0 Å². The van der Waals surface area contributed by atoms with Gasteiger partial charge in [-0.3, -0.25) is 0 Å². The molecule has 0 bridgehead atoms. The summed E-state index contributed by atoms with van der Waals surface area (Å²) >= 11 is 0. The van der Waals surface area contributed by atoms with E-state index in [0.29, 0.717) is 0 Å². The third-order valence-corrected chi connectivity index (χ3v) is 6.16. The van der Waals surface area contributed by atoms with Gasteiger partial charge >= 0.3 is 8.80 Å². The van der Waals surface area contributed by atoms with Gasteiger partial charge in [0, 0.05) is 5.54 Å². The number of hydrogen-bond donors (Lipinski definition) is 0. The van der Waals surface area contributed by atoms with Gasteiger partial charge in [-0.1, -0.05) is 13.8 Å². The molecular formula is C15H34O3Si. The van der Waals surface area contributed by atoms with E-state index in [-0.39, 0.29) is 22.3 Å². The summed E-state index contributed by atoms with van der Waals surface area (Å²) in [6.07, 6.45) is 0. The SMILES string of the molecule is CC(C)[Si](OC(C)(C)C)(OC(C)(C)C)OC(C)(C)C. The fraction of sp³-hybridized carbons (Fsp3) is 1.00. The van der Waals surface area contributed by atoms with Crippen LogP contribution in [0.3, 0.4) is 0 Å². The lowest BCUT2D eigenvalue weighted by Crippen LogP contribution is -2.59. The first-order chi connectivity index (χ1) is 8.06. The minimum atomic E-state index is -2.78. The predicted molar refractivity (Wildman–Crippen MR) is 83.4 cm³/mol. The van der Waals surface area contributed by atoms with Crippen LogP contribution in [-0.4, -0.2) is 25.6 Å². The zero-order chi connectivity index (χ0) is 15.7. The summed E-state index contributed by atoms with van der Waals surface area (Å²) in [4.78, 5) is 0. The van der Waals surface area contributed by atoms with Gasteiger partial charge in [0.1, 0.15) is 0 Å². The Balaban J connectivity index is 5.48. The van der Waals surface area contributed by atoms with Gasteiger partial charge in [-0.05, 0) is 62.3 Å². The van der Waals surface area contributed by atoms with Crippen molar-refractivity contribution in [2.75, 3.05) is 0 Å². The van der Waals surface area contributed by atoms with Crippen LogP contribution in [0.1, 0.15) is 76.2 Å². The second kappa shape index (κ2) is 5.84. The highest BCUT2D eigenvalue weighted by atomic mass is 28.4. The van der Waals surface area contributed by atoms with Gasteiger partial charge in [-0.15, -0.1) is 0 Å². The Labute approximate surface area is 121 Å². The molecular weight excluding hydrogens is 256 g/mol. The van der Waals surface area contributed by atoms with Crippen LogP contribution in [0.5, 0.6) is 0 Å². The maximum Gasteiger partial charge on any atom is 0.504 e. The highest BCUT2D eigenvalue weighted by molar-refractivity contribution is 6.62. The molecule has 0 aromatic rings. The van der Waals surface area contributed by atoms with Crippen LogP contribution in [0, 0.1) is 0 Å². The summed E-state index contributed by atoms with van der Waals surface area (Å²) < 4.78 is 19.0. The van der Waals surface area contributed by atoms with E-state index in [1.165, 1.54) is 0 Å². The normalized spacial score (nSPS) is 15.2. The third kappa shape index (κ3) is 8.08. The van der Waals surface area contributed by atoms with E-state index in [9.17, 15) is 0 Å². The highest BCUT2D eigenvalue weighted by Gasteiger charge is 2.52. The molecule has 0 heterocycles. The first-order valence-electron chi connectivity index (χ1n) is 7.17. The molecule has 0 N–H and O–H groups in total. The lowest BCUT2D eigenvalue weighted by atomic mass is 10.2. The first kappa shape index (κ1) is 19.1. The van der Waals surface area contributed by atoms with Crippen LogP contribution in [0.4, 0.5) is 0 Å². The molecule has 3 nitrogen and oxygen atoms in total. The lowest BCUT2D eigenvalue weighted by Gasteiger charge is -2.45. The van der Waals surface area contributed by atoms with E-state index in [0.717, 1.165) is 0 Å². The van der Waals surface area contributed by atoms with Crippen LogP contribution < -0.4 is 0 Å². The molecule has 116 valence electrons. The summed E-state index contributed by atoms with van der Waals surface area (Å²) in [5.74, 6) is 0. The van der Waals surface area contributed by atoms with Crippen molar-refractivity contribution in [3.8, 4) is 0 Å². The molecule has 0 aliphatic carbocycles. The standard InChI is InChI=1S/C15H34O3Si/c1-12(2)19(16-13(3,4)5,17-14(6,7)8)18-15(9,10)11/h12H,1-11H3. The quantitative estimate of drug-likeness (QED) is 0.697. The largest absolute Gasteiger partial charge is 0.504 e. The number of hydrogen-bond acceptors (Lipinski definition) is 3. The molecule has 0 saturated carbocycles. The van der Waals surface area contributed by atoms with Crippen LogP contribution in [0.15, 0.2) is 0 Å². The van der Waals surface area contributed by atoms with Crippen molar-refractivity contribution in [2.24, 2.45) is 0 Å². The van der Waals surface area contributed by atoms with Gasteiger partial charge < -0.3 is 13.3 Å². The highest BCUT2D eigenvalue weighted by Crippen LogP contribution is 2.36. The summed E-state index contributed by atoms with van der Waals surface area (Å²) in [6.45, 7) is 22.7. The molecule has 0 aliphatic rings. The molecule has 0 radical (unpaired) electrons. The molecule has 19 heavy (non-hydrogen) atoms. The van der Waals surface area contributed by atoms with Gasteiger partial charge in [0.15, 0.2) is 0 Å². The average Bonchev–Trinajstić information content (AvgIpc) is 1.91. The maximum atomic E-state index is 6.33. The van der Waals surface area contributed by atoms with Crippen LogP contribution in [0.25, 0.3) is 0 Å².